The zero-order valence-electron chi connectivity index (χ0n) is 12.7. The van der Waals surface area contributed by atoms with Crippen LogP contribution < -0.4 is 10.0 Å². The number of nitrogens with one attached hydrogen (secondary N) is 2. The molecule has 0 spiro atoms. The summed E-state index contributed by atoms with van der Waals surface area (Å²) >= 11 is 0. The third kappa shape index (κ3) is 6.13. The quantitative estimate of drug-likeness (QED) is 0.699. The van der Waals surface area contributed by atoms with Gasteiger partial charge < -0.3 is 10.4 Å². The third-order valence-corrected chi connectivity index (χ3v) is 3.55. The molecule has 122 valence electrons. The van der Waals surface area contributed by atoms with Crippen molar-refractivity contribution in [3.8, 4) is 0 Å². The van der Waals surface area contributed by atoms with Crippen LogP contribution in [-0.4, -0.2) is 37.7 Å². The van der Waals surface area contributed by atoms with Gasteiger partial charge in [-0.3, -0.25) is 14.3 Å². The van der Waals surface area contributed by atoms with Gasteiger partial charge in [-0.25, -0.2) is 8.42 Å². The Morgan fingerprint density at radius 1 is 1.32 bits per heavy atom. The Kier molecular flexibility index (Phi) is 5.92. The fraction of sp³-hybridized carbons (Fsp3) is 0.429. The van der Waals surface area contributed by atoms with Crippen LogP contribution in [0.2, 0.25) is 0 Å². The van der Waals surface area contributed by atoms with Crippen molar-refractivity contribution in [1.29, 1.82) is 0 Å². The molecular weight excluding hydrogens is 308 g/mol. The van der Waals surface area contributed by atoms with Crippen molar-refractivity contribution in [2.24, 2.45) is 0 Å². The van der Waals surface area contributed by atoms with Gasteiger partial charge in [0.1, 0.15) is 0 Å². The van der Waals surface area contributed by atoms with E-state index >= 15 is 0 Å². The Hall–Kier alpha value is -2.09. The van der Waals surface area contributed by atoms with Crippen molar-refractivity contribution in [3.05, 3.63) is 29.3 Å². The van der Waals surface area contributed by atoms with Gasteiger partial charge in [0, 0.05) is 18.0 Å². The summed E-state index contributed by atoms with van der Waals surface area (Å²) in [4.78, 5) is 22.6. The van der Waals surface area contributed by atoms with E-state index in [4.69, 9.17) is 5.11 Å². The molecular formula is C14H20N2O5S. The van der Waals surface area contributed by atoms with Crippen molar-refractivity contribution in [2.75, 3.05) is 11.0 Å². The number of sulfonamides is 1. The second kappa shape index (κ2) is 7.26. The van der Waals surface area contributed by atoms with E-state index in [0.717, 1.165) is 6.26 Å². The minimum atomic E-state index is -3.43. The zero-order valence-corrected chi connectivity index (χ0v) is 13.5. The first-order valence-electron chi connectivity index (χ1n) is 6.69. The number of hydrogen-bond donors (Lipinski definition) is 3. The van der Waals surface area contributed by atoms with Crippen LogP contribution in [-0.2, 0) is 14.8 Å². The monoisotopic (exact) mass is 328 g/mol. The molecule has 0 saturated heterocycles. The number of amides is 1. The van der Waals surface area contributed by atoms with Crippen LogP contribution in [0.1, 0.15) is 35.7 Å². The number of aliphatic carboxylic acids is 1. The molecule has 7 nitrogen and oxygen atoms in total. The predicted octanol–water partition coefficient (Wildman–Crippen LogP) is 1.35. The molecule has 1 unspecified atom stereocenters. The summed E-state index contributed by atoms with van der Waals surface area (Å²) in [6.45, 7) is 3.44. The van der Waals surface area contributed by atoms with Gasteiger partial charge in [-0.15, -0.1) is 0 Å². The Morgan fingerprint density at radius 2 is 1.95 bits per heavy atom. The summed E-state index contributed by atoms with van der Waals surface area (Å²) < 4.78 is 24.9. The number of carbonyl (C=O) groups excluding carboxylic acids is 1. The summed E-state index contributed by atoms with van der Waals surface area (Å²) in [6, 6.07) is 4.39. The van der Waals surface area contributed by atoms with Crippen LogP contribution in [0.4, 0.5) is 5.69 Å². The molecule has 0 aromatic heterocycles. The van der Waals surface area contributed by atoms with Crippen LogP contribution in [0.3, 0.4) is 0 Å². The van der Waals surface area contributed by atoms with Crippen LogP contribution in [0.15, 0.2) is 18.2 Å². The van der Waals surface area contributed by atoms with Crippen LogP contribution in [0, 0.1) is 6.92 Å². The lowest BCUT2D eigenvalue weighted by molar-refractivity contribution is -0.137. The van der Waals surface area contributed by atoms with Gasteiger partial charge in [0.25, 0.3) is 5.91 Å². The Bertz CT molecular complexity index is 670. The van der Waals surface area contributed by atoms with Crippen LogP contribution in [0.25, 0.3) is 0 Å². The number of anilines is 1. The molecule has 1 rings (SSSR count). The molecule has 22 heavy (non-hydrogen) atoms. The molecule has 0 bridgehead atoms. The van der Waals surface area contributed by atoms with Crippen molar-refractivity contribution in [2.45, 2.75) is 32.7 Å². The lowest BCUT2D eigenvalue weighted by Crippen LogP contribution is -2.33. The van der Waals surface area contributed by atoms with E-state index in [2.05, 4.69) is 10.0 Å². The Labute approximate surface area is 129 Å². The van der Waals surface area contributed by atoms with Crippen molar-refractivity contribution in [3.63, 3.8) is 0 Å². The van der Waals surface area contributed by atoms with E-state index in [0.29, 0.717) is 23.2 Å². The van der Waals surface area contributed by atoms with Crippen molar-refractivity contribution in [1.82, 2.24) is 5.32 Å². The normalized spacial score (nSPS) is 12.5. The molecule has 1 aromatic rings. The van der Waals surface area contributed by atoms with Gasteiger partial charge in [-0.05, 0) is 38.0 Å². The number of carbonyl (C=O) groups is 2. The molecule has 3 N–H and O–H groups in total. The average molecular weight is 328 g/mol. The lowest BCUT2D eigenvalue weighted by atomic mass is 10.1. The maximum absolute atomic E-state index is 12.1. The summed E-state index contributed by atoms with van der Waals surface area (Å²) in [7, 11) is -3.43. The minimum absolute atomic E-state index is 0.0315. The molecule has 0 aliphatic carbocycles. The first-order valence-corrected chi connectivity index (χ1v) is 8.58. The fourth-order valence-corrected chi connectivity index (χ4v) is 2.41. The van der Waals surface area contributed by atoms with Crippen molar-refractivity contribution >= 4 is 27.6 Å². The first kappa shape index (κ1) is 18.0. The van der Waals surface area contributed by atoms with Gasteiger partial charge in [-0.1, -0.05) is 6.07 Å². The Morgan fingerprint density at radius 3 is 2.50 bits per heavy atom. The van der Waals surface area contributed by atoms with Crippen LogP contribution in [0.5, 0.6) is 0 Å². The standard InChI is InChI=1S/C14H20N2O5S/c1-9-4-6-11(8-12(9)16-22(3,20)21)14(19)15-10(2)5-7-13(17)18/h4,6,8,10,16H,5,7H2,1-3H3,(H,15,19)(H,17,18). The lowest BCUT2D eigenvalue weighted by Gasteiger charge is -2.14. The SMILES string of the molecule is Cc1ccc(C(=O)NC(C)CCC(=O)O)cc1NS(C)(=O)=O. The summed E-state index contributed by atoms with van der Waals surface area (Å²) in [6.07, 6.45) is 1.32. The second-order valence-corrected chi connectivity index (χ2v) is 6.96. The maximum Gasteiger partial charge on any atom is 0.303 e. The highest BCUT2D eigenvalue weighted by molar-refractivity contribution is 7.92. The highest BCUT2D eigenvalue weighted by atomic mass is 32.2. The number of carboxylic acid groups (broad SMARTS) is 1. The predicted molar refractivity (Wildman–Crippen MR) is 83.4 cm³/mol. The third-order valence-electron chi connectivity index (χ3n) is 2.96. The number of rotatable bonds is 7. The zero-order chi connectivity index (χ0) is 16.9. The molecule has 8 heteroatoms. The average Bonchev–Trinajstić information content (AvgIpc) is 2.37. The van der Waals surface area contributed by atoms with E-state index in [1.54, 1.807) is 26.0 Å². The molecule has 0 heterocycles. The molecule has 1 atom stereocenters. The molecule has 0 fully saturated rings. The summed E-state index contributed by atoms with van der Waals surface area (Å²) in [5.74, 6) is -1.30. The smallest absolute Gasteiger partial charge is 0.303 e. The van der Waals surface area contributed by atoms with E-state index in [1.165, 1.54) is 6.07 Å². The second-order valence-electron chi connectivity index (χ2n) is 5.21. The Balaban J connectivity index is 2.81. The van der Waals surface area contributed by atoms with Gasteiger partial charge >= 0.3 is 5.97 Å². The molecule has 0 radical (unpaired) electrons. The fourth-order valence-electron chi connectivity index (χ4n) is 1.79. The number of hydrogen-bond acceptors (Lipinski definition) is 4. The van der Waals surface area contributed by atoms with E-state index in [9.17, 15) is 18.0 Å². The first-order chi connectivity index (χ1) is 10.1. The highest BCUT2D eigenvalue weighted by Gasteiger charge is 2.13. The van der Waals surface area contributed by atoms with Gasteiger partial charge in [-0.2, -0.15) is 0 Å². The van der Waals surface area contributed by atoms with Gasteiger partial charge in [0.15, 0.2) is 0 Å². The highest BCUT2D eigenvalue weighted by Crippen LogP contribution is 2.18. The number of aryl methyl sites for hydroxylation is 1. The maximum atomic E-state index is 12.1. The van der Waals surface area contributed by atoms with E-state index in [-0.39, 0.29) is 18.4 Å². The number of carboxylic acids is 1. The molecule has 0 aliphatic heterocycles. The molecule has 1 amide bonds. The van der Waals surface area contributed by atoms with E-state index in [1.807, 2.05) is 0 Å². The van der Waals surface area contributed by atoms with E-state index < -0.39 is 16.0 Å². The minimum Gasteiger partial charge on any atom is -0.481 e. The largest absolute Gasteiger partial charge is 0.481 e. The topological polar surface area (TPSA) is 113 Å². The van der Waals surface area contributed by atoms with Gasteiger partial charge in [0.05, 0.1) is 11.9 Å². The summed E-state index contributed by atoms with van der Waals surface area (Å²) in [5, 5.41) is 11.3. The molecule has 0 aliphatic rings. The molecule has 0 saturated carbocycles. The van der Waals surface area contributed by atoms with Gasteiger partial charge in [0.2, 0.25) is 10.0 Å². The van der Waals surface area contributed by atoms with Crippen molar-refractivity contribution < 1.29 is 23.1 Å². The summed E-state index contributed by atoms with van der Waals surface area (Å²) in [5.41, 5.74) is 1.34. The molecule has 1 aromatic carbocycles. The van der Waals surface area contributed by atoms with Crippen LogP contribution >= 0.6 is 0 Å². The number of benzene rings is 1.